The predicted octanol–water partition coefficient (Wildman–Crippen LogP) is 3.75. The van der Waals surface area contributed by atoms with E-state index in [0.717, 1.165) is 27.0 Å². The molecule has 0 bridgehead atoms. The highest BCUT2D eigenvalue weighted by Gasteiger charge is 2.20. The van der Waals surface area contributed by atoms with Gasteiger partial charge in [-0.25, -0.2) is 4.98 Å². The highest BCUT2D eigenvalue weighted by atomic mass is 32.1. The highest BCUT2D eigenvalue weighted by Crippen LogP contribution is 2.31. The van der Waals surface area contributed by atoms with Gasteiger partial charge in [0.2, 0.25) is 0 Å². The molecular weight excluding hydrogens is 318 g/mol. The molecule has 5 nitrogen and oxygen atoms in total. The summed E-state index contributed by atoms with van der Waals surface area (Å²) in [5.41, 5.74) is 1.51. The molecular formula is C15H15N3O2S2. The zero-order valence-electron chi connectivity index (χ0n) is 12.5. The van der Waals surface area contributed by atoms with Crippen molar-refractivity contribution in [3.63, 3.8) is 0 Å². The minimum Gasteiger partial charge on any atom is -0.361 e. The molecule has 0 spiro atoms. The molecule has 0 fully saturated rings. The number of amides is 1. The summed E-state index contributed by atoms with van der Waals surface area (Å²) in [4.78, 5) is 20.5. The van der Waals surface area contributed by atoms with E-state index in [1.807, 2.05) is 37.4 Å². The summed E-state index contributed by atoms with van der Waals surface area (Å²) in [6, 6.07) is 5.83. The van der Waals surface area contributed by atoms with Gasteiger partial charge in [-0.2, -0.15) is 0 Å². The fraction of sp³-hybridized carbons (Fsp3) is 0.267. The van der Waals surface area contributed by atoms with E-state index in [-0.39, 0.29) is 5.91 Å². The van der Waals surface area contributed by atoms with Gasteiger partial charge in [-0.05, 0) is 25.3 Å². The quantitative estimate of drug-likeness (QED) is 0.729. The third kappa shape index (κ3) is 2.95. The Morgan fingerprint density at radius 3 is 2.86 bits per heavy atom. The first-order valence-electron chi connectivity index (χ1n) is 6.73. The molecule has 0 aliphatic rings. The lowest BCUT2D eigenvalue weighted by Gasteiger charge is -2.14. The fourth-order valence-electron chi connectivity index (χ4n) is 2.08. The number of hydrogen-bond acceptors (Lipinski definition) is 6. The SMILES string of the molecule is Cc1cc(CN(C)C(=O)c2sc(-c3cccs3)nc2C)no1. The molecule has 3 aromatic rings. The average Bonchev–Trinajstić information content (AvgIpc) is 3.19. The van der Waals surface area contributed by atoms with E-state index >= 15 is 0 Å². The maximum Gasteiger partial charge on any atom is 0.265 e. The molecule has 0 radical (unpaired) electrons. The van der Waals surface area contributed by atoms with Crippen LogP contribution < -0.4 is 0 Å². The molecule has 0 atom stereocenters. The molecule has 0 aromatic carbocycles. The molecule has 0 aliphatic carbocycles. The van der Waals surface area contributed by atoms with Crippen LogP contribution in [-0.2, 0) is 6.54 Å². The Balaban J connectivity index is 1.79. The van der Waals surface area contributed by atoms with Crippen molar-refractivity contribution in [3.8, 4) is 9.88 Å². The lowest BCUT2D eigenvalue weighted by atomic mass is 10.3. The summed E-state index contributed by atoms with van der Waals surface area (Å²) in [6.07, 6.45) is 0. The zero-order valence-corrected chi connectivity index (χ0v) is 14.1. The molecule has 3 aromatic heterocycles. The Morgan fingerprint density at radius 2 is 2.23 bits per heavy atom. The van der Waals surface area contributed by atoms with Crippen molar-refractivity contribution in [3.05, 3.63) is 45.6 Å². The van der Waals surface area contributed by atoms with Crippen LogP contribution in [0.25, 0.3) is 9.88 Å². The largest absolute Gasteiger partial charge is 0.361 e. The molecule has 0 saturated carbocycles. The average molecular weight is 333 g/mol. The molecule has 0 aliphatic heterocycles. The highest BCUT2D eigenvalue weighted by molar-refractivity contribution is 7.22. The third-order valence-electron chi connectivity index (χ3n) is 3.15. The van der Waals surface area contributed by atoms with Crippen LogP contribution >= 0.6 is 22.7 Å². The summed E-state index contributed by atoms with van der Waals surface area (Å²) in [5, 5.41) is 6.82. The van der Waals surface area contributed by atoms with Crippen LogP contribution in [0.4, 0.5) is 0 Å². The van der Waals surface area contributed by atoms with Crippen LogP contribution in [0.1, 0.15) is 26.8 Å². The third-order valence-corrected chi connectivity index (χ3v) is 5.33. The van der Waals surface area contributed by atoms with E-state index in [1.165, 1.54) is 11.3 Å². The van der Waals surface area contributed by atoms with Gasteiger partial charge in [0.25, 0.3) is 5.91 Å². The molecule has 3 rings (SSSR count). The molecule has 0 unspecified atom stereocenters. The Kier molecular flexibility index (Phi) is 4.08. The van der Waals surface area contributed by atoms with Gasteiger partial charge in [-0.15, -0.1) is 22.7 Å². The Labute approximate surface area is 136 Å². The van der Waals surface area contributed by atoms with Crippen LogP contribution in [-0.4, -0.2) is 28.0 Å². The minimum atomic E-state index is -0.0431. The molecule has 22 heavy (non-hydrogen) atoms. The molecule has 114 valence electrons. The number of carbonyl (C=O) groups is 1. The van der Waals surface area contributed by atoms with E-state index in [4.69, 9.17) is 4.52 Å². The van der Waals surface area contributed by atoms with Gasteiger partial charge in [0.05, 0.1) is 17.1 Å². The van der Waals surface area contributed by atoms with Crippen molar-refractivity contribution in [2.45, 2.75) is 20.4 Å². The van der Waals surface area contributed by atoms with E-state index in [2.05, 4.69) is 10.1 Å². The smallest absolute Gasteiger partial charge is 0.265 e. The van der Waals surface area contributed by atoms with Gasteiger partial charge in [0, 0.05) is 13.1 Å². The minimum absolute atomic E-state index is 0.0431. The lowest BCUT2D eigenvalue weighted by molar-refractivity contribution is 0.0786. The van der Waals surface area contributed by atoms with Crippen LogP contribution in [0.15, 0.2) is 28.1 Å². The van der Waals surface area contributed by atoms with E-state index in [9.17, 15) is 4.79 Å². The van der Waals surface area contributed by atoms with Crippen LogP contribution in [0.2, 0.25) is 0 Å². The van der Waals surface area contributed by atoms with Crippen molar-refractivity contribution in [1.82, 2.24) is 15.0 Å². The van der Waals surface area contributed by atoms with E-state index in [1.54, 1.807) is 23.3 Å². The number of thiazole rings is 1. The van der Waals surface area contributed by atoms with E-state index in [0.29, 0.717) is 11.4 Å². The Bertz CT molecular complexity index is 790. The standard InChI is InChI=1S/C15H15N3O2S2/c1-9-7-11(17-20-9)8-18(3)15(19)13-10(2)16-14(22-13)12-5-4-6-21-12/h4-7H,8H2,1-3H3. The molecule has 0 saturated heterocycles. The second kappa shape index (κ2) is 6.02. The van der Waals surface area contributed by atoms with Gasteiger partial charge in [-0.1, -0.05) is 11.2 Å². The van der Waals surface area contributed by atoms with Gasteiger partial charge < -0.3 is 9.42 Å². The monoisotopic (exact) mass is 333 g/mol. The first-order chi connectivity index (χ1) is 10.5. The summed E-state index contributed by atoms with van der Waals surface area (Å²) in [6.45, 7) is 4.12. The summed E-state index contributed by atoms with van der Waals surface area (Å²) in [5.74, 6) is 0.697. The Hall–Kier alpha value is -1.99. The number of hydrogen-bond donors (Lipinski definition) is 0. The van der Waals surface area contributed by atoms with Gasteiger partial charge in [0.15, 0.2) is 0 Å². The van der Waals surface area contributed by atoms with Gasteiger partial charge in [0.1, 0.15) is 21.3 Å². The molecule has 1 amide bonds. The van der Waals surface area contributed by atoms with Gasteiger partial charge in [-0.3, -0.25) is 4.79 Å². The number of aromatic nitrogens is 2. The van der Waals surface area contributed by atoms with Crippen molar-refractivity contribution >= 4 is 28.6 Å². The number of nitrogens with zero attached hydrogens (tertiary/aromatic N) is 3. The van der Waals surface area contributed by atoms with E-state index < -0.39 is 0 Å². The second-order valence-corrected chi connectivity index (χ2v) is 6.95. The summed E-state index contributed by atoms with van der Waals surface area (Å²) < 4.78 is 5.03. The first kappa shape index (κ1) is 14.9. The number of rotatable bonds is 4. The van der Waals surface area contributed by atoms with Crippen LogP contribution in [0, 0.1) is 13.8 Å². The summed E-state index contributed by atoms with van der Waals surface area (Å²) >= 11 is 3.06. The van der Waals surface area contributed by atoms with Crippen molar-refractivity contribution < 1.29 is 9.32 Å². The lowest BCUT2D eigenvalue weighted by Crippen LogP contribution is -2.26. The first-order valence-corrected chi connectivity index (χ1v) is 8.43. The number of aryl methyl sites for hydroxylation is 2. The molecule has 3 heterocycles. The number of thiophene rings is 1. The molecule has 0 N–H and O–H groups in total. The predicted molar refractivity (Wildman–Crippen MR) is 87.2 cm³/mol. The number of carbonyl (C=O) groups excluding carboxylic acids is 1. The summed E-state index contributed by atoms with van der Waals surface area (Å²) in [7, 11) is 1.76. The maximum absolute atomic E-state index is 12.6. The second-order valence-electron chi connectivity index (χ2n) is 5.00. The normalized spacial score (nSPS) is 10.9. The topological polar surface area (TPSA) is 59.2 Å². The van der Waals surface area contributed by atoms with Crippen LogP contribution in [0.3, 0.4) is 0 Å². The molecule has 7 heteroatoms. The van der Waals surface area contributed by atoms with Crippen molar-refractivity contribution in [1.29, 1.82) is 0 Å². The Morgan fingerprint density at radius 1 is 1.41 bits per heavy atom. The zero-order chi connectivity index (χ0) is 15.7. The van der Waals surface area contributed by atoms with Gasteiger partial charge >= 0.3 is 0 Å². The van der Waals surface area contributed by atoms with Crippen molar-refractivity contribution in [2.75, 3.05) is 7.05 Å². The van der Waals surface area contributed by atoms with Crippen LogP contribution in [0.5, 0.6) is 0 Å². The van der Waals surface area contributed by atoms with Crippen molar-refractivity contribution in [2.24, 2.45) is 0 Å². The fourth-order valence-corrected chi connectivity index (χ4v) is 3.94. The maximum atomic E-state index is 12.6.